The first-order valence-electron chi connectivity index (χ1n) is 10.4. The molecule has 178 valence electrons. The number of aromatic nitrogens is 1. The van der Waals surface area contributed by atoms with Gasteiger partial charge < -0.3 is 24.5 Å². The zero-order valence-corrected chi connectivity index (χ0v) is 19.7. The Kier molecular flexibility index (Phi) is 7.96. The number of fused-ring (bicyclic) bond motifs is 1. The maximum atomic E-state index is 11.7. The first-order chi connectivity index (χ1) is 15.6. The van der Waals surface area contributed by atoms with E-state index in [2.05, 4.69) is 9.71 Å². The van der Waals surface area contributed by atoms with Crippen LogP contribution in [0.5, 0.6) is 11.5 Å². The van der Waals surface area contributed by atoms with Gasteiger partial charge in [-0.3, -0.25) is 9.52 Å². The summed E-state index contributed by atoms with van der Waals surface area (Å²) in [5, 5.41) is 11.1. The van der Waals surface area contributed by atoms with Gasteiger partial charge in [-0.25, -0.2) is 8.42 Å². The molecular formula is C23H29N3O6S. The van der Waals surface area contributed by atoms with Crippen LogP contribution < -0.4 is 19.8 Å². The molecule has 0 saturated carbocycles. The van der Waals surface area contributed by atoms with Crippen molar-refractivity contribution in [3.05, 3.63) is 64.4 Å². The minimum absolute atomic E-state index is 0.0940. The maximum Gasteiger partial charge on any atom is 0.248 e. The van der Waals surface area contributed by atoms with Gasteiger partial charge in [-0.1, -0.05) is 12.1 Å². The van der Waals surface area contributed by atoms with Gasteiger partial charge in [-0.05, 0) is 49.4 Å². The number of sulfonamides is 1. The zero-order chi connectivity index (χ0) is 24.0. The van der Waals surface area contributed by atoms with Crippen LogP contribution in [0.3, 0.4) is 0 Å². The highest BCUT2D eigenvalue weighted by atomic mass is 32.2. The van der Waals surface area contributed by atoms with Gasteiger partial charge in [0.15, 0.2) is 0 Å². The van der Waals surface area contributed by atoms with E-state index in [1.54, 1.807) is 30.3 Å². The summed E-state index contributed by atoms with van der Waals surface area (Å²) < 4.78 is 36.1. The lowest BCUT2D eigenvalue weighted by Gasteiger charge is -2.21. The molecular weight excluding hydrogens is 446 g/mol. The van der Waals surface area contributed by atoms with E-state index in [-0.39, 0.29) is 12.2 Å². The molecule has 10 heteroatoms. The Hall–Kier alpha value is -3.08. The van der Waals surface area contributed by atoms with Crippen molar-refractivity contribution < 1.29 is 23.0 Å². The second kappa shape index (κ2) is 10.7. The number of hydrogen-bond acceptors (Lipinski definition) is 7. The first kappa shape index (κ1) is 24.6. The van der Waals surface area contributed by atoms with Gasteiger partial charge in [0, 0.05) is 30.2 Å². The van der Waals surface area contributed by atoms with E-state index >= 15 is 0 Å². The van der Waals surface area contributed by atoms with E-state index in [1.165, 1.54) is 13.2 Å². The van der Waals surface area contributed by atoms with Gasteiger partial charge in [-0.15, -0.1) is 0 Å². The van der Waals surface area contributed by atoms with Crippen LogP contribution in [0.2, 0.25) is 0 Å². The zero-order valence-electron chi connectivity index (χ0n) is 18.9. The topological polar surface area (TPSA) is 121 Å². The van der Waals surface area contributed by atoms with E-state index < -0.39 is 16.1 Å². The van der Waals surface area contributed by atoms with Crippen molar-refractivity contribution >= 4 is 26.6 Å². The number of H-pyrrole nitrogens is 1. The Morgan fingerprint density at radius 3 is 2.45 bits per heavy atom. The Morgan fingerprint density at radius 1 is 1.09 bits per heavy atom. The summed E-state index contributed by atoms with van der Waals surface area (Å²) in [6, 6.07) is 13.8. The number of nitrogens with one attached hydrogen (secondary N) is 2. The fraction of sp³-hybridized carbons (Fsp3) is 0.348. The van der Waals surface area contributed by atoms with Crippen LogP contribution in [0.4, 0.5) is 5.69 Å². The second-order valence-electron chi connectivity index (χ2n) is 7.93. The van der Waals surface area contributed by atoms with E-state index in [0.29, 0.717) is 41.2 Å². The van der Waals surface area contributed by atoms with Crippen molar-refractivity contribution in [2.45, 2.75) is 12.5 Å². The molecule has 3 aromatic rings. The number of benzene rings is 2. The molecule has 0 aliphatic rings. The number of ether oxygens (including phenoxy) is 2. The Labute approximate surface area is 193 Å². The van der Waals surface area contributed by atoms with E-state index in [0.717, 1.165) is 18.2 Å². The van der Waals surface area contributed by atoms with Crippen molar-refractivity contribution in [2.75, 3.05) is 44.8 Å². The van der Waals surface area contributed by atoms with Crippen LogP contribution in [-0.2, 0) is 16.4 Å². The van der Waals surface area contributed by atoms with Gasteiger partial charge in [-0.2, -0.15) is 0 Å². The summed E-state index contributed by atoms with van der Waals surface area (Å²) in [7, 11) is 0.149. The number of aliphatic hydroxyl groups excluding tert-OH is 1. The average Bonchev–Trinajstić information content (AvgIpc) is 2.75. The monoisotopic (exact) mass is 475 g/mol. The summed E-state index contributed by atoms with van der Waals surface area (Å²) in [4.78, 5) is 16.4. The highest BCUT2D eigenvalue weighted by Gasteiger charge is 2.13. The molecule has 0 radical (unpaired) electrons. The SMILES string of the molecule is COc1ccc(OCC(O)CN(C)CCc2ccc(NS(C)(=O)=O)cc2)c2ccc(=O)[nH]c12. The molecule has 1 atom stereocenters. The van der Waals surface area contributed by atoms with Crippen LogP contribution >= 0.6 is 0 Å². The number of rotatable bonds is 11. The molecule has 0 spiro atoms. The number of nitrogens with zero attached hydrogens (tertiary/aromatic N) is 1. The van der Waals surface area contributed by atoms with Gasteiger partial charge in [0.2, 0.25) is 15.6 Å². The standard InChI is InChI=1S/C23H29N3O6S/c1-26(13-12-16-4-6-17(7-5-16)25-33(3,29)30)14-18(27)15-32-20-9-10-21(31-2)23-19(20)8-11-22(28)24-23/h4-11,18,25,27H,12-15H2,1-3H3,(H,24,28). The average molecular weight is 476 g/mol. The minimum Gasteiger partial charge on any atom is -0.495 e. The van der Waals surface area contributed by atoms with Crippen LogP contribution in [-0.4, -0.2) is 69.6 Å². The maximum absolute atomic E-state index is 11.7. The number of anilines is 1. The van der Waals surface area contributed by atoms with Gasteiger partial charge in [0.05, 0.1) is 18.9 Å². The molecule has 0 saturated heterocycles. The number of pyridine rings is 1. The molecule has 0 aliphatic heterocycles. The van der Waals surface area contributed by atoms with Crippen molar-refractivity contribution in [2.24, 2.45) is 0 Å². The second-order valence-corrected chi connectivity index (χ2v) is 9.67. The van der Waals surface area contributed by atoms with Crippen molar-refractivity contribution in [3.8, 4) is 11.5 Å². The van der Waals surface area contributed by atoms with Crippen LogP contribution in [0.15, 0.2) is 53.3 Å². The summed E-state index contributed by atoms with van der Waals surface area (Å²) in [5.41, 5.74) is 1.90. The fourth-order valence-corrected chi connectivity index (χ4v) is 4.02. The van der Waals surface area contributed by atoms with Crippen molar-refractivity contribution in [3.63, 3.8) is 0 Å². The molecule has 2 aromatic carbocycles. The molecule has 33 heavy (non-hydrogen) atoms. The van der Waals surface area contributed by atoms with E-state index in [1.807, 2.05) is 24.1 Å². The number of aromatic amines is 1. The summed E-state index contributed by atoms with van der Waals surface area (Å²) >= 11 is 0. The molecule has 1 aromatic heterocycles. The predicted molar refractivity (Wildman–Crippen MR) is 129 cm³/mol. The molecule has 0 bridgehead atoms. The quantitative estimate of drug-likeness (QED) is 0.387. The molecule has 0 aliphatic carbocycles. The Balaban J connectivity index is 1.51. The third-order valence-corrected chi connectivity index (χ3v) is 5.64. The molecule has 3 rings (SSSR count). The number of methoxy groups -OCH3 is 1. The summed E-state index contributed by atoms with van der Waals surface area (Å²) in [6.45, 7) is 1.22. The van der Waals surface area contributed by atoms with Crippen LogP contribution in [0, 0.1) is 0 Å². The molecule has 0 fully saturated rings. The van der Waals surface area contributed by atoms with Gasteiger partial charge in [0.1, 0.15) is 24.2 Å². The molecule has 1 unspecified atom stereocenters. The minimum atomic E-state index is -3.29. The third-order valence-electron chi connectivity index (χ3n) is 5.03. The van der Waals surface area contributed by atoms with Gasteiger partial charge >= 0.3 is 0 Å². The van der Waals surface area contributed by atoms with E-state index in [4.69, 9.17) is 9.47 Å². The number of hydrogen-bond donors (Lipinski definition) is 3. The van der Waals surface area contributed by atoms with Crippen molar-refractivity contribution in [1.82, 2.24) is 9.88 Å². The van der Waals surface area contributed by atoms with Crippen LogP contribution in [0.25, 0.3) is 10.9 Å². The van der Waals surface area contributed by atoms with Crippen molar-refractivity contribution in [1.29, 1.82) is 0 Å². The highest BCUT2D eigenvalue weighted by Crippen LogP contribution is 2.30. The van der Waals surface area contributed by atoms with E-state index in [9.17, 15) is 18.3 Å². The van der Waals surface area contributed by atoms with Crippen LogP contribution in [0.1, 0.15) is 5.56 Å². The van der Waals surface area contributed by atoms with Gasteiger partial charge in [0.25, 0.3) is 0 Å². The normalized spacial score (nSPS) is 12.6. The number of likely N-dealkylation sites (N-methyl/N-ethyl adjacent to an activating group) is 1. The third kappa shape index (κ3) is 7.21. The molecule has 1 heterocycles. The lowest BCUT2D eigenvalue weighted by Crippen LogP contribution is -2.34. The molecule has 3 N–H and O–H groups in total. The summed E-state index contributed by atoms with van der Waals surface area (Å²) in [6.07, 6.45) is 1.15. The fourth-order valence-electron chi connectivity index (χ4n) is 3.46. The first-order valence-corrected chi connectivity index (χ1v) is 12.3. The Bertz CT molecular complexity index is 1240. The summed E-state index contributed by atoms with van der Waals surface area (Å²) in [5.74, 6) is 1.09. The molecule has 9 nitrogen and oxygen atoms in total. The predicted octanol–water partition coefficient (Wildman–Crippen LogP) is 1.82. The Morgan fingerprint density at radius 2 is 1.79 bits per heavy atom. The highest BCUT2D eigenvalue weighted by molar-refractivity contribution is 7.92. The molecule has 0 amide bonds. The lowest BCUT2D eigenvalue weighted by atomic mass is 10.1. The smallest absolute Gasteiger partial charge is 0.248 e. The lowest BCUT2D eigenvalue weighted by molar-refractivity contribution is 0.0773. The number of aliphatic hydroxyl groups is 1. The largest absolute Gasteiger partial charge is 0.495 e.